The summed E-state index contributed by atoms with van der Waals surface area (Å²) >= 11 is 1.38. The SMILES string of the molecule is CC1CN(C(=O)c2nc(-c3ccc4nc(NC(=O)C5CC5)cn4c3)cs2)C1. The van der Waals surface area contributed by atoms with Crippen molar-refractivity contribution in [3.05, 3.63) is 34.9 Å². The number of hydrogen-bond acceptors (Lipinski definition) is 5. The van der Waals surface area contributed by atoms with Crippen LogP contribution in [-0.2, 0) is 4.79 Å². The van der Waals surface area contributed by atoms with Crippen molar-refractivity contribution < 1.29 is 9.59 Å². The third-order valence-electron chi connectivity index (χ3n) is 4.98. The van der Waals surface area contributed by atoms with E-state index in [1.54, 1.807) is 6.20 Å². The third-order valence-corrected chi connectivity index (χ3v) is 5.81. The number of fused-ring (bicyclic) bond motifs is 1. The minimum Gasteiger partial charge on any atom is -0.336 e. The first-order chi connectivity index (χ1) is 13.1. The van der Waals surface area contributed by atoms with Crippen LogP contribution < -0.4 is 5.32 Å². The highest BCUT2D eigenvalue weighted by Crippen LogP contribution is 2.30. The quantitative estimate of drug-likeness (QED) is 0.754. The molecule has 27 heavy (non-hydrogen) atoms. The number of aromatic nitrogens is 3. The number of imidazole rings is 1. The van der Waals surface area contributed by atoms with Gasteiger partial charge < -0.3 is 14.6 Å². The first kappa shape index (κ1) is 16.4. The number of nitrogens with one attached hydrogen (secondary N) is 1. The van der Waals surface area contributed by atoms with Gasteiger partial charge in [-0.25, -0.2) is 9.97 Å². The summed E-state index contributed by atoms with van der Waals surface area (Å²) < 4.78 is 1.87. The fourth-order valence-electron chi connectivity index (χ4n) is 3.28. The summed E-state index contributed by atoms with van der Waals surface area (Å²) in [7, 11) is 0. The second-order valence-electron chi connectivity index (χ2n) is 7.43. The number of likely N-dealkylation sites (tertiary alicyclic amines) is 1. The largest absolute Gasteiger partial charge is 0.336 e. The first-order valence-corrected chi connectivity index (χ1v) is 9.99. The van der Waals surface area contributed by atoms with E-state index in [1.807, 2.05) is 33.0 Å². The Kier molecular flexibility index (Phi) is 3.75. The molecule has 0 atom stereocenters. The molecule has 0 unspecified atom stereocenters. The molecular weight excluding hydrogens is 362 g/mol. The van der Waals surface area contributed by atoms with Gasteiger partial charge in [0, 0.05) is 36.1 Å². The molecule has 1 aliphatic carbocycles. The summed E-state index contributed by atoms with van der Waals surface area (Å²) in [4.78, 5) is 35.1. The number of nitrogens with zero attached hydrogens (tertiary/aromatic N) is 4. The van der Waals surface area contributed by atoms with Gasteiger partial charge in [-0.3, -0.25) is 9.59 Å². The zero-order valence-electron chi connectivity index (χ0n) is 14.9. The van der Waals surface area contributed by atoms with Crippen molar-refractivity contribution >= 4 is 34.6 Å². The molecule has 0 spiro atoms. The topological polar surface area (TPSA) is 79.6 Å². The molecule has 138 valence electrons. The van der Waals surface area contributed by atoms with Crippen molar-refractivity contribution in [1.29, 1.82) is 0 Å². The normalized spacial score (nSPS) is 17.1. The molecule has 3 aromatic rings. The second-order valence-corrected chi connectivity index (χ2v) is 8.28. The van der Waals surface area contributed by atoms with Gasteiger partial charge in [0.25, 0.3) is 5.91 Å². The summed E-state index contributed by atoms with van der Waals surface area (Å²) in [6.45, 7) is 3.76. The molecule has 7 nitrogen and oxygen atoms in total. The van der Waals surface area contributed by atoms with Crippen molar-refractivity contribution in [2.75, 3.05) is 18.4 Å². The lowest BCUT2D eigenvalue weighted by Gasteiger charge is -2.36. The van der Waals surface area contributed by atoms with Crippen LogP contribution in [0.5, 0.6) is 0 Å². The van der Waals surface area contributed by atoms with Gasteiger partial charge in [-0.1, -0.05) is 6.92 Å². The number of carbonyl (C=O) groups is 2. The Morgan fingerprint density at radius 1 is 1.19 bits per heavy atom. The Morgan fingerprint density at radius 2 is 2.00 bits per heavy atom. The molecule has 1 aliphatic heterocycles. The molecule has 0 aromatic carbocycles. The van der Waals surface area contributed by atoms with E-state index in [9.17, 15) is 9.59 Å². The van der Waals surface area contributed by atoms with Gasteiger partial charge >= 0.3 is 0 Å². The van der Waals surface area contributed by atoms with E-state index in [1.165, 1.54) is 11.3 Å². The Bertz CT molecular complexity index is 1050. The van der Waals surface area contributed by atoms with E-state index in [4.69, 9.17) is 0 Å². The standard InChI is InChI=1S/C19H19N5O2S/c1-11-6-24(7-11)19(26)18-20-14(10-27-18)13-4-5-16-21-15(9-23(16)8-13)22-17(25)12-2-3-12/h4-5,8-12H,2-3,6-7H2,1H3,(H,22,25). The molecule has 2 fully saturated rings. The molecule has 1 saturated heterocycles. The average molecular weight is 381 g/mol. The minimum absolute atomic E-state index is 0.0122. The van der Waals surface area contributed by atoms with Gasteiger partial charge in [-0.15, -0.1) is 11.3 Å². The van der Waals surface area contributed by atoms with Gasteiger partial charge in [-0.05, 0) is 30.9 Å². The van der Waals surface area contributed by atoms with Crippen LogP contribution in [0.25, 0.3) is 16.9 Å². The summed E-state index contributed by atoms with van der Waals surface area (Å²) in [6, 6.07) is 3.82. The Balaban J connectivity index is 1.37. The van der Waals surface area contributed by atoms with Crippen molar-refractivity contribution in [2.45, 2.75) is 19.8 Å². The molecule has 8 heteroatoms. The maximum Gasteiger partial charge on any atom is 0.282 e. The average Bonchev–Trinajstić information content (AvgIpc) is 3.23. The van der Waals surface area contributed by atoms with E-state index in [0.29, 0.717) is 16.7 Å². The zero-order valence-corrected chi connectivity index (χ0v) is 15.7. The molecule has 4 heterocycles. The fourth-order valence-corrected chi connectivity index (χ4v) is 4.08. The van der Waals surface area contributed by atoms with E-state index in [0.717, 1.165) is 42.8 Å². The fraction of sp³-hybridized carbons (Fsp3) is 0.368. The van der Waals surface area contributed by atoms with Gasteiger partial charge in [0.15, 0.2) is 10.8 Å². The van der Waals surface area contributed by atoms with Crippen molar-refractivity contribution in [2.24, 2.45) is 11.8 Å². The molecule has 5 rings (SSSR count). The van der Waals surface area contributed by atoms with E-state index < -0.39 is 0 Å². The number of pyridine rings is 1. The zero-order chi connectivity index (χ0) is 18.5. The van der Waals surface area contributed by atoms with Gasteiger partial charge in [0.2, 0.25) is 5.91 Å². The van der Waals surface area contributed by atoms with Crippen LogP contribution in [0.15, 0.2) is 29.9 Å². The van der Waals surface area contributed by atoms with Crippen LogP contribution in [-0.4, -0.2) is 44.2 Å². The van der Waals surface area contributed by atoms with Crippen LogP contribution in [0.2, 0.25) is 0 Å². The molecule has 1 N–H and O–H groups in total. The summed E-state index contributed by atoms with van der Waals surface area (Å²) in [5, 5.41) is 5.30. The molecule has 3 aromatic heterocycles. The number of anilines is 1. The van der Waals surface area contributed by atoms with Crippen LogP contribution in [0.4, 0.5) is 5.82 Å². The van der Waals surface area contributed by atoms with Crippen LogP contribution in [0.1, 0.15) is 29.6 Å². The van der Waals surface area contributed by atoms with E-state index in [2.05, 4.69) is 22.2 Å². The van der Waals surface area contributed by atoms with Gasteiger partial charge in [0.1, 0.15) is 5.65 Å². The number of carbonyl (C=O) groups excluding carboxylic acids is 2. The van der Waals surface area contributed by atoms with Gasteiger partial charge in [-0.2, -0.15) is 0 Å². The monoisotopic (exact) mass is 381 g/mol. The predicted octanol–water partition coefficient (Wildman–Crippen LogP) is 2.90. The summed E-state index contributed by atoms with van der Waals surface area (Å²) in [5.41, 5.74) is 2.44. The lowest BCUT2D eigenvalue weighted by Crippen LogP contribution is -2.48. The van der Waals surface area contributed by atoms with Crippen LogP contribution >= 0.6 is 11.3 Å². The Morgan fingerprint density at radius 3 is 2.74 bits per heavy atom. The number of amides is 2. The highest BCUT2D eigenvalue weighted by molar-refractivity contribution is 7.12. The first-order valence-electron chi connectivity index (χ1n) is 9.11. The maximum absolute atomic E-state index is 12.4. The van der Waals surface area contributed by atoms with Crippen molar-refractivity contribution in [3.8, 4) is 11.3 Å². The molecule has 0 bridgehead atoms. The number of thiazole rings is 1. The Labute approximate surface area is 160 Å². The van der Waals surface area contributed by atoms with Gasteiger partial charge in [0.05, 0.1) is 11.9 Å². The lowest BCUT2D eigenvalue weighted by atomic mass is 10.0. The maximum atomic E-state index is 12.4. The number of hydrogen-bond donors (Lipinski definition) is 1. The van der Waals surface area contributed by atoms with Crippen molar-refractivity contribution in [1.82, 2.24) is 19.3 Å². The number of rotatable bonds is 4. The molecule has 1 saturated carbocycles. The molecular formula is C19H19N5O2S. The molecule has 0 radical (unpaired) electrons. The highest BCUT2D eigenvalue weighted by Gasteiger charge is 2.30. The van der Waals surface area contributed by atoms with Crippen LogP contribution in [0, 0.1) is 11.8 Å². The smallest absolute Gasteiger partial charge is 0.282 e. The lowest BCUT2D eigenvalue weighted by molar-refractivity contribution is -0.117. The van der Waals surface area contributed by atoms with Crippen molar-refractivity contribution in [3.63, 3.8) is 0 Å². The van der Waals surface area contributed by atoms with E-state index in [-0.39, 0.29) is 17.7 Å². The Hall–Kier alpha value is -2.74. The predicted molar refractivity (Wildman–Crippen MR) is 103 cm³/mol. The summed E-state index contributed by atoms with van der Waals surface area (Å²) in [5.74, 6) is 1.34. The summed E-state index contributed by atoms with van der Waals surface area (Å²) in [6.07, 6.45) is 5.65. The van der Waals surface area contributed by atoms with Crippen LogP contribution in [0.3, 0.4) is 0 Å². The molecule has 2 amide bonds. The van der Waals surface area contributed by atoms with E-state index >= 15 is 0 Å². The highest BCUT2D eigenvalue weighted by atomic mass is 32.1. The molecule has 2 aliphatic rings. The third kappa shape index (κ3) is 3.10. The second kappa shape index (κ2) is 6.16. The minimum atomic E-state index is 0.0122.